The number of piperidine rings is 1. The molecule has 1 aliphatic heterocycles. The zero-order valence-corrected chi connectivity index (χ0v) is 10.2. The second-order valence-electron chi connectivity index (χ2n) is 4.48. The van der Waals surface area contributed by atoms with Gasteiger partial charge in [0.2, 0.25) is 5.95 Å². The summed E-state index contributed by atoms with van der Waals surface area (Å²) in [4.78, 5) is 9.87. The molecule has 0 unspecified atom stereocenters. The molecular weight excluding hydrogens is 219 g/mol. The summed E-state index contributed by atoms with van der Waals surface area (Å²) in [6.07, 6.45) is 3.65. The van der Waals surface area contributed by atoms with E-state index in [1.54, 1.807) is 0 Å². The van der Waals surface area contributed by atoms with Crippen LogP contribution in [0.4, 0.5) is 10.2 Å². The molecule has 1 aromatic heterocycles. The van der Waals surface area contributed by atoms with E-state index in [2.05, 4.69) is 27.1 Å². The molecule has 1 fully saturated rings. The van der Waals surface area contributed by atoms with Crippen LogP contribution < -0.4 is 5.32 Å². The van der Waals surface area contributed by atoms with Gasteiger partial charge in [0.05, 0.1) is 0 Å². The standard InChI is InChI=1S/C12H19FN4/c1-2-17-5-3-10(4-6-17)8-14-12-7-11(13)15-9-16-12/h7,9-10H,2-6,8H2,1H3,(H,14,15,16). The first kappa shape index (κ1) is 12.2. The smallest absolute Gasteiger partial charge is 0.217 e. The molecule has 0 spiro atoms. The van der Waals surface area contributed by atoms with Crippen LogP contribution in [0, 0.1) is 11.9 Å². The monoisotopic (exact) mass is 238 g/mol. The average Bonchev–Trinajstić information content (AvgIpc) is 2.37. The highest BCUT2D eigenvalue weighted by molar-refractivity contribution is 5.31. The number of nitrogens with zero attached hydrogens (tertiary/aromatic N) is 3. The van der Waals surface area contributed by atoms with Crippen LogP contribution in [0.2, 0.25) is 0 Å². The number of halogens is 1. The predicted molar refractivity (Wildman–Crippen MR) is 65.3 cm³/mol. The van der Waals surface area contributed by atoms with Crippen LogP contribution >= 0.6 is 0 Å². The molecule has 0 saturated carbocycles. The fraction of sp³-hybridized carbons (Fsp3) is 0.667. The molecule has 0 radical (unpaired) electrons. The van der Waals surface area contributed by atoms with Gasteiger partial charge in [0.15, 0.2) is 0 Å². The third kappa shape index (κ3) is 3.63. The molecule has 94 valence electrons. The lowest BCUT2D eigenvalue weighted by atomic mass is 9.97. The molecule has 0 amide bonds. The van der Waals surface area contributed by atoms with E-state index in [9.17, 15) is 4.39 Å². The van der Waals surface area contributed by atoms with E-state index in [1.165, 1.54) is 38.3 Å². The summed E-state index contributed by atoms with van der Waals surface area (Å²) in [5, 5.41) is 3.18. The van der Waals surface area contributed by atoms with Gasteiger partial charge in [-0.15, -0.1) is 0 Å². The fourth-order valence-corrected chi connectivity index (χ4v) is 2.19. The van der Waals surface area contributed by atoms with Gasteiger partial charge in [-0.2, -0.15) is 4.39 Å². The van der Waals surface area contributed by atoms with E-state index in [1.807, 2.05) is 0 Å². The maximum Gasteiger partial charge on any atom is 0.217 e. The molecule has 1 aliphatic rings. The highest BCUT2D eigenvalue weighted by Gasteiger charge is 2.17. The quantitative estimate of drug-likeness (QED) is 0.812. The molecule has 0 bridgehead atoms. The van der Waals surface area contributed by atoms with Gasteiger partial charge >= 0.3 is 0 Å². The zero-order chi connectivity index (χ0) is 12.1. The lowest BCUT2D eigenvalue weighted by Gasteiger charge is -2.31. The highest BCUT2D eigenvalue weighted by Crippen LogP contribution is 2.17. The van der Waals surface area contributed by atoms with Gasteiger partial charge in [0.25, 0.3) is 0 Å². The summed E-state index contributed by atoms with van der Waals surface area (Å²) < 4.78 is 12.8. The van der Waals surface area contributed by atoms with Crippen molar-refractivity contribution < 1.29 is 4.39 Å². The number of aromatic nitrogens is 2. The first-order valence-electron chi connectivity index (χ1n) is 6.21. The Morgan fingerprint density at radius 1 is 1.41 bits per heavy atom. The van der Waals surface area contributed by atoms with Crippen molar-refractivity contribution in [2.75, 3.05) is 31.5 Å². The Bertz CT molecular complexity index is 350. The Balaban J connectivity index is 1.76. The number of anilines is 1. The van der Waals surface area contributed by atoms with Crippen LogP contribution in [-0.2, 0) is 0 Å². The first-order chi connectivity index (χ1) is 8.28. The molecule has 0 aromatic carbocycles. The molecule has 2 rings (SSSR count). The van der Waals surface area contributed by atoms with Crippen molar-refractivity contribution >= 4 is 5.82 Å². The number of hydrogen-bond donors (Lipinski definition) is 1. The molecule has 17 heavy (non-hydrogen) atoms. The van der Waals surface area contributed by atoms with Gasteiger partial charge in [0.1, 0.15) is 12.1 Å². The lowest BCUT2D eigenvalue weighted by molar-refractivity contribution is 0.198. The lowest BCUT2D eigenvalue weighted by Crippen LogP contribution is -2.35. The SMILES string of the molecule is CCN1CCC(CNc2cc(F)ncn2)CC1. The van der Waals surface area contributed by atoms with E-state index in [0.717, 1.165) is 13.1 Å². The van der Waals surface area contributed by atoms with Gasteiger partial charge < -0.3 is 10.2 Å². The molecule has 2 heterocycles. The average molecular weight is 238 g/mol. The zero-order valence-electron chi connectivity index (χ0n) is 10.2. The third-order valence-corrected chi connectivity index (χ3v) is 3.36. The Hall–Kier alpha value is -1.23. The van der Waals surface area contributed by atoms with Crippen LogP contribution in [0.5, 0.6) is 0 Å². The molecule has 4 nitrogen and oxygen atoms in total. The van der Waals surface area contributed by atoms with Crippen LogP contribution in [0.1, 0.15) is 19.8 Å². The largest absolute Gasteiger partial charge is 0.370 e. The number of likely N-dealkylation sites (tertiary alicyclic amines) is 1. The van der Waals surface area contributed by atoms with E-state index in [0.29, 0.717) is 11.7 Å². The van der Waals surface area contributed by atoms with Gasteiger partial charge in [-0.25, -0.2) is 9.97 Å². The summed E-state index contributed by atoms with van der Waals surface area (Å²) in [5.74, 6) is 0.759. The maximum absolute atomic E-state index is 12.8. The molecular formula is C12H19FN4. The molecule has 1 N–H and O–H groups in total. The Morgan fingerprint density at radius 3 is 2.82 bits per heavy atom. The predicted octanol–water partition coefficient (Wildman–Crippen LogP) is 1.76. The van der Waals surface area contributed by atoms with Crippen molar-refractivity contribution in [2.45, 2.75) is 19.8 Å². The molecule has 0 atom stereocenters. The minimum absolute atomic E-state index is 0.483. The molecule has 1 saturated heterocycles. The minimum atomic E-state index is -0.483. The van der Waals surface area contributed by atoms with E-state index >= 15 is 0 Å². The van der Waals surface area contributed by atoms with E-state index in [-0.39, 0.29) is 0 Å². The summed E-state index contributed by atoms with van der Waals surface area (Å²) in [7, 11) is 0. The van der Waals surface area contributed by atoms with Crippen LogP contribution in [0.15, 0.2) is 12.4 Å². The van der Waals surface area contributed by atoms with Crippen molar-refractivity contribution in [1.29, 1.82) is 0 Å². The van der Waals surface area contributed by atoms with Crippen LogP contribution in [0.3, 0.4) is 0 Å². The van der Waals surface area contributed by atoms with Gasteiger partial charge in [0, 0.05) is 12.6 Å². The van der Waals surface area contributed by atoms with E-state index in [4.69, 9.17) is 0 Å². The number of hydrogen-bond acceptors (Lipinski definition) is 4. The summed E-state index contributed by atoms with van der Waals surface area (Å²) >= 11 is 0. The number of rotatable bonds is 4. The Morgan fingerprint density at radius 2 is 2.18 bits per heavy atom. The minimum Gasteiger partial charge on any atom is -0.370 e. The Kier molecular flexibility index (Phi) is 4.25. The molecule has 0 aliphatic carbocycles. The van der Waals surface area contributed by atoms with Crippen LogP contribution in [-0.4, -0.2) is 41.0 Å². The van der Waals surface area contributed by atoms with Gasteiger partial charge in [-0.05, 0) is 38.4 Å². The highest BCUT2D eigenvalue weighted by atomic mass is 19.1. The topological polar surface area (TPSA) is 41.0 Å². The normalized spacial score (nSPS) is 18.2. The fourth-order valence-electron chi connectivity index (χ4n) is 2.19. The van der Waals surface area contributed by atoms with E-state index < -0.39 is 5.95 Å². The Labute approximate surface area is 101 Å². The second kappa shape index (κ2) is 5.91. The summed E-state index contributed by atoms with van der Waals surface area (Å²) in [6.45, 7) is 6.54. The van der Waals surface area contributed by atoms with Crippen molar-refractivity contribution in [2.24, 2.45) is 5.92 Å². The molecule has 1 aromatic rings. The summed E-state index contributed by atoms with van der Waals surface area (Å²) in [6, 6.07) is 1.33. The first-order valence-corrected chi connectivity index (χ1v) is 6.21. The van der Waals surface area contributed by atoms with Crippen molar-refractivity contribution in [3.63, 3.8) is 0 Å². The van der Waals surface area contributed by atoms with Gasteiger partial charge in [-0.3, -0.25) is 0 Å². The van der Waals surface area contributed by atoms with Crippen molar-refractivity contribution in [1.82, 2.24) is 14.9 Å². The third-order valence-electron chi connectivity index (χ3n) is 3.36. The molecule has 5 heteroatoms. The van der Waals surface area contributed by atoms with Crippen molar-refractivity contribution in [3.8, 4) is 0 Å². The van der Waals surface area contributed by atoms with Gasteiger partial charge in [-0.1, -0.05) is 6.92 Å². The number of nitrogens with one attached hydrogen (secondary N) is 1. The van der Waals surface area contributed by atoms with Crippen molar-refractivity contribution in [3.05, 3.63) is 18.3 Å². The second-order valence-corrected chi connectivity index (χ2v) is 4.48. The van der Waals surface area contributed by atoms with Crippen LogP contribution in [0.25, 0.3) is 0 Å². The maximum atomic E-state index is 12.8. The summed E-state index contributed by atoms with van der Waals surface area (Å²) in [5.41, 5.74) is 0.